The Morgan fingerprint density at radius 2 is 1.93 bits per heavy atom. The van der Waals surface area contributed by atoms with Gasteiger partial charge in [0, 0.05) is 41.7 Å². The number of pyridine rings is 1. The number of hydrogen-bond donors (Lipinski definition) is 1. The third-order valence-corrected chi connectivity index (χ3v) is 5.19. The Bertz CT molecular complexity index is 1170. The number of ketones is 1. The fourth-order valence-electron chi connectivity index (χ4n) is 3.63. The fourth-order valence-corrected chi connectivity index (χ4v) is 3.63. The summed E-state index contributed by atoms with van der Waals surface area (Å²) in [6.45, 7) is 4.12. The molecule has 1 aromatic carbocycles. The average Bonchev–Trinajstić information content (AvgIpc) is 3.36. The van der Waals surface area contributed by atoms with E-state index in [2.05, 4.69) is 15.0 Å². The number of esters is 1. The Kier molecular flexibility index (Phi) is 5.57. The molecule has 0 radical (unpaired) electrons. The van der Waals surface area contributed by atoms with E-state index in [-0.39, 0.29) is 11.8 Å². The second kappa shape index (κ2) is 8.45. The van der Waals surface area contributed by atoms with Crippen molar-refractivity contribution in [1.29, 1.82) is 0 Å². The maximum absolute atomic E-state index is 12.7. The molecule has 30 heavy (non-hydrogen) atoms. The number of nitrogens with zero attached hydrogens (tertiary/aromatic N) is 2. The summed E-state index contributed by atoms with van der Waals surface area (Å²) in [5, 5.41) is 0.906. The molecule has 6 nitrogen and oxygen atoms in total. The van der Waals surface area contributed by atoms with Gasteiger partial charge in [0.15, 0.2) is 5.78 Å². The number of rotatable bonds is 7. The molecule has 0 bridgehead atoms. The number of allylic oxidation sites excluding steroid dienone is 1. The van der Waals surface area contributed by atoms with Gasteiger partial charge in [-0.15, -0.1) is 0 Å². The van der Waals surface area contributed by atoms with Crippen LogP contribution in [0.5, 0.6) is 0 Å². The van der Waals surface area contributed by atoms with Crippen molar-refractivity contribution in [3.8, 4) is 0 Å². The number of Topliss-reactive ketones (excluding diaryl/α,β-unsaturated/α-hetero) is 1. The maximum atomic E-state index is 12.7. The van der Waals surface area contributed by atoms with E-state index >= 15 is 0 Å². The molecule has 2 aromatic heterocycles. The molecule has 0 saturated heterocycles. The van der Waals surface area contributed by atoms with Gasteiger partial charge < -0.3 is 9.72 Å². The quantitative estimate of drug-likeness (QED) is 0.590. The average molecular weight is 401 g/mol. The van der Waals surface area contributed by atoms with Gasteiger partial charge in [0.1, 0.15) is 5.69 Å². The zero-order valence-electron chi connectivity index (χ0n) is 17.1. The molecule has 1 aliphatic rings. The van der Waals surface area contributed by atoms with E-state index in [1.54, 1.807) is 25.4 Å². The number of fused-ring (bicyclic) bond motifs is 1. The van der Waals surface area contributed by atoms with Gasteiger partial charge in [-0.3, -0.25) is 9.78 Å². The number of carbonyl (C=O) groups excluding carboxylic acids is 2. The van der Waals surface area contributed by atoms with Crippen molar-refractivity contribution in [2.45, 2.75) is 33.1 Å². The molecule has 1 N–H and O–H groups in total. The van der Waals surface area contributed by atoms with E-state index in [4.69, 9.17) is 4.74 Å². The van der Waals surface area contributed by atoms with Crippen molar-refractivity contribution in [3.05, 3.63) is 71.2 Å². The summed E-state index contributed by atoms with van der Waals surface area (Å²) in [4.78, 5) is 36.4. The highest BCUT2D eigenvalue weighted by atomic mass is 16.5. The largest absolute Gasteiger partial charge is 0.461 e. The number of carbonyl (C=O) groups is 2. The molecule has 0 aliphatic carbocycles. The first-order valence-electron chi connectivity index (χ1n) is 10.0. The van der Waals surface area contributed by atoms with Gasteiger partial charge in [-0.2, -0.15) is 0 Å². The summed E-state index contributed by atoms with van der Waals surface area (Å²) < 4.78 is 5.06. The highest BCUT2D eigenvalue weighted by Crippen LogP contribution is 2.31. The monoisotopic (exact) mass is 401 g/mol. The van der Waals surface area contributed by atoms with Crippen LogP contribution in [0.4, 0.5) is 0 Å². The summed E-state index contributed by atoms with van der Waals surface area (Å²) in [6, 6.07) is 11.5. The number of benzene rings is 1. The molecule has 0 unspecified atom stereocenters. The SMILES string of the molecule is CCOC(=O)c1cc2cc(C3=C(C)CC(C(=O)CCc4ccncc4)=N3)ccc2[nH]1. The van der Waals surface area contributed by atoms with Gasteiger partial charge >= 0.3 is 5.97 Å². The number of nitrogens with one attached hydrogen (secondary N) is 1. The van der Waals surface area contributed by atoms with Crippen LogP contribution in [0.3, 0.4) is 0 Å². The first-order valence-corrected chi connectivity index (χ1v) is 10.0. The number of ether oxygens (including phenoxy) is 1. The second-order valence-corrected chi connectivity index (χ2v) is 7.35. The van der Waals surface area contributed by atoms with Crippen LogP contribution in [-0.2, 0) is 16.0 Å². The van der Waals surface area contributed by atoms with Crippen LogP contribution in [0.2, 0.25) is 0 Å². The van der Waals surface area contributed by atoms with Crippen LogP contribution in [-0.4, -0.2) is 34.0 Å². The molecule has 4 rings (SSSR count). The summed E-state index contributed by atoms with van der Waals surface area (Å²) in [7, 11) is 0. The Labute approximate surface area is 174 Å². The lowest BCUT2D eigenvalue weighted by atomic mass is 10.0. The third kappa shape index (κ3) is 4.08. The standard InChI is InChI=1S/C24H23N3O3/c1-3-30-24(29)21-14-18-13-17(5-6-19(18)26-21)23-15(2)12-20(27-23)22(28)7-4-16-8-10-25-11-9-16/h5-6,8-11,13-14,26H,3-4,7,12H2,1-2H3. The molecule has 0 atom stereocenters. The lowest BCUT2D eigenvalue weighted by molar-refractivity contribution is -0.113. The van der Waals surface area contributed by atoms with Gasteiger partial charge in [0.25, 0.3) is 0 Å². The zero-order valence-corrected chi connectivity index (χ0v) is 17.1. The number of hydrogen-bond acceptors (Lipinski definition) is 5. The van der Waals surface area contributed by atoms with Gasteiger partial charge in [-0.1, -0.05) is 6.07 Å². The van der Waals surface area contributed by atoms with E-state index in [9.17, 15) is 9.59 Å². The van der Waals surface area contributed by atoms with Crippen molar-refractivity contribution in [2.75, 3.05) is 6.61 Å². The Hall–Kier alpha value is -3.54. The predicted molar refractivity (Wildman–Crippen MR) is 116 cm³/mol. The lowest BCUT2D eigenvalue weighted by Gasteiger charge is -2.02. The minimum atomic E-state index is -0.369. The van der Waals surface area contributed by atoms with Gasteiger partial charge in [0.05, 0.1) is 18.0 Å². The number of aromatic amines is 1. The highest BCUT2D eigenvalue weighted by Gasteiger charge is 2.22. The molecular formula is C24H23N3O3. The molecule has 0 spiro atoms. The van der Waals surface area contributed by atoms with Crippen LogP contribution >= 0.6 is 0 Å². The molecular weight excluding hydrogens is 378 g/mol. The number of aromatic nitrogens is 2. The van der Waals surface area contributed by atoms with E-state index in [1.807, 2.05) is 37.3 Å². The van der Waals surface area contributed by atoms with Gasteiger partial charge in [0.2, 0.25) is 0 Å². The van der Waals surface area contributed by atoms with Crippen molar-refractivity contribution in [1.82, 2.24) is 9.97 Å². The number of H-pyrrole nitrogens is 1. The van der Waals surface area contributed by atoms with Crippen LogP contribution in [0.1, 0.15) is 48.3 Å². The van der Waals surface area contributed by atoms with Crippen LogP contribution in [0, 0.1) is 0 Å². The summed E-state index contributed by atoms with van der Waals surface area (Å²) in [6.07, 6.45) is 5.16. The summed E-state index contributed by atoms with van der Waals surface area (Å²) >= 11 is 0. The van der Waals surface area contributed by atoms with Gasteiger partial charge in [-0.25, -0.2) is 9.79 Å². The fraction of sp³-hybridized carbons (Fsp3) is 0.250. The highest BCUT2D eigenvalue weighted by molar-refractivity contribution is 6.42. The smallest absolute Gasteiger partial charge is 0.354 e. The Balaban J connectivity index is 1.52. The van der Waals surface area contributed by atoms with Crippen molar-refractivity contribution < 1.29 is 14.3 Å². The van der Waals surface area contributed by atoms with Crippen LogP contribution in [0.15, 0.2) is 59.4 Å². The Morgan fingerprint density at radius 3 is 2.70 bits per heavy atom. The topological polar surface area (TPSA) is 84.4 Å². The molecule has 6 heteroatoms. The van der Waals surface area contributed by atoms with Crippen LogP contribution < -0.4 is 0 Å². The molecule has 1 aliphatic heterocycles. The molecule has 152 valence electrons. The molecule has 0 amide bonds. The van der Waals surface area contributed by atoms with E-state index in [0.29, 0.717) is 37.3 Å². The van der Waals surface area contributed by atoms with E-state index < -0.39 is 0 Å². The number of aryl methyl sites for hydroxylation is 1. The molecule has 3 aromatic rings. The second-order valence-electron chi connectivity index (χ2n) is 7.35. The van der Waals surface area contributed by atoms with Crippen molar-refractivity contribution in [2.24, 2.45) is 4.99 Å². The minimum Gasteiger partial charge on any atom is -0.461 e. The summed E-state index contributed by atoms with van der Waals surface area (Å²) in [5.74, 6) is -0.292. The predicted octanol–water partition coefficient (Wildman–Crippen LogP) is 4.52. The summed E-state index contributed by atoms with van der Waals surface area (Å²) in [5.41, 5.74) is 5.83. The third-order valence-electron chi connectivity index (χ3n) is 5.19. The van der Waals surface area contributed by atoms with E-state index in [1.165, 1.54) is 0 Å². The van der Waals surface area contributed by atoms with Gasteiger partial charge in [-0.05, 0) is 61.7 Å². The first-order chi connectivity index (χ1) is 14.5. The Morgan fingerprint density at radius 1 is 1.13 bits per heavy atom. The van der Waals surface area contributed by atoms with E-state index in [0.717, 1.165) is 33.3 Å². The lowest BCUT2D eigenvalue weighted by Crippen LogP contribution is -2.12. The molecule has 3 heterocycles. The van der Waals surface area contributed by atoms with Crippen molar-refractivity contribution in [3.63, 3.8) is 0 Å². The number of aliphatic imine (C=N–C) groups is 1. The minimum absolute atomic E-state index is 0.0773. The van der Waals surface area contributed by atoms with Crippen molar-refractivity contribution >= 4 is 34.1 Å². The zero-order chi connectivity index (χ0) is 21.1. The normalized spacial score (nSPS) is 13.6. The molecule has 0 saturated carbocycles. The first kappa shape index (κ1) is 19.8. The van der Waals surface area contributed by atoms with Crippen LogP contribution in [0.25, 0.3) is 16.6 Å². The molecule has 0 fully saturated rings. The maximum Gasteiger partial charge on any atom is 0.354 e.